The highest BCUT2D eigenvalue weighted by molar-refractivity contribution is 6.35. The Labute approximate surface area is 341 Å². The molecule has 0 saturated heterocycles. The van der Waals surface area contributed by atoms with Gasteiger partial charge in [0.15, 0.2) is 0 Å². The molecule has 15 heteroatoms. The summed E-state index contributed by atoms with van der Waals surface area (Å²) < 4.78 is 30.1. The number of carbonyl (C=O) groups is 5. The lowest BCUT2D eigenvalue weighted by Crippen LogP contribution is -2.39. The molecule has 2 aliphatic rings. The van der Waals surface area contributed by atoms with Crippen molar-refractivity contribution in [3.8, 4) is 11.1 Å². The predicted molar refractivity (Wildman–Crippen MR) is 220 cm³/mol. The van der Waals surface area contributed by atoms with E-state index >= 15 is 0 Å². The molecule has 59 heavy (non-hydrogen) atoms. The molecule has 3 aromatic carbocycles. The highest BCUT2D eigenvalue weighted by atomic mass is 19.1. The Balaban J connectivity index is 1.03. The van der Waals surface area contributed by atoms with Crippen molar-refractivity contribution in [2.75, 3.05) is 71.6 Å². The number of amides is 5. The van der Waals surface area contributed by atoms with Gasteiger partial charge in [0.25, 0.3) is 17.7 Å². The fraction of sp³-hybridized carbons (Fsp3) is 0.341. The molecule has 0 spiro atoms. The number of aryl methyl sites for hydroxylation is 1. The van der Waals surface area contributed by atoms with E-state index in [0.29, 0.717) is 59.1 Å². The van der Waals surface area contributed by atoms with Crippen LogP contribution >= 0.6 is 0 Å². The van der Waals surface area contributed by atoms with Crippen LogP contribution in [0.1, 0.15) is 73.6 Å². The molecule has 0 bridgehead atoms. The van der Waals surface area contributed by atoms with Gasteiger partial charge < -0.3 is 45.4 Å². The number of methoxy groups -OCH3 is 1. The molecule has 310 valence electrons. The van der Waals surface area contributed by atoms with Crippen LogP contribution in [0.4, 0.5) is 14.9 Å². The van der Waals surface area contributed by atoms with E-state index in [0.717, 1.165) is 22.3 Å². The van der Waals surface area contributed by atoms with Gasteiger partial charge in [0, 0.05) is 80.4 Å². The van der Waals surface area contributed by atoms with Gasteiger partial charge >= 0.3 is 6.09 Å². The van der Waals surface area contributed by atoms with Crippen LogP contribution in [-0.4, -0.2) is 106 Å². The van der Waals surface area contributed by atoms with E-state index in [1.165, 1.54) is 23.1 Å². The summed E-state index contributed by atoms with van der Waals surface area (Å²) in [6.45, 7) is 7.70. The first-order valence-corrected chi connectivity index (χ1v) is 19.6. The molecule has 0 radical (unpaired) electrons. The molecule has 4 aromatic rings. The Kier molecular flexibility index (Phi) is 13.9. The van der Waals surface area contributed by atoms with Crippen LogP contribution in [0.25, 0.3) is 22.8 Å². The highest BCUT2D eigenvalue weighted by Crippen LogP contribution is 2.46. The van der Waals surface area contributed by atoms with Crippen molar-refractivity contribution in [1.82, 2.24) is 25.8 Å². The van der Waals surface area contributed by atoms with Crippen LogP contribution in [0.3, 0.4) is 0 Å². The molecule has 5 amide bonds. The monoisotopic (exact) mass is 808 g/mol. The summed E-state index contributed by atoms with van der Waals surface area (Å²) in [4.78, 5) is 69.7. The first kappa shape index (κ1) is 42.3. The predicted octanol–water partition coefficient (Wildman–Crippen LogP) is 5.16. The fourth-order valence-electron chi connectivity index (χ4n) is 7.42. The lowest BCUT2D eigenvalue weighted by Gasteiger charge is -2.22. The minimum Gasteiger partial charge on any atom is -0.448 e. The Morgan fingerprint density at radius 2 is 1.64 bits per heavy atom. The summed E-state index contributed by atoms with van der Waals surface area (Å²) in [7, 11) is 1.58. The number of rotatable bonds is 18. The second kappa shape index (κ2) is 19.4. The number of carbonyl (C=O) groups excluding carboxylic acids is 5. The first-order valence-electron chi connectivity index (χ1n) is 19.6. The van der Waals surface area contributed by atoms with Crippen molar-refractivity contribution in [3.05, 3.63) is 111 Å². The van der Waals surface area contributed by atoms with Crippen molar-refractivity contribution in [2.45, 2.75) is 33.1 Å². The summed E-state index contributed by atoms with van der Waals surface area (Å²) in [6.07, 6.45) is 1.28. The minimum atomic E-state index is -0.542. The van der Waals surface area contributed by atoms with E-state index in [2.05, 4.69) is 26.3 Å². The highest BCUT2D eigenvalue weighted by Gasteiger charge is 2.33. The second-order valence-electron chi connectivity index (χ2n) is 14.1. The van der Waals surface area contributed by atoms with Gasteiger partial charge in [-0.05, 0) is 78.9 Å². The number of hydrogen-bond acceptors (Lipinski definition) is 8. The van der Waals surface area contributed by atoms with Crippen LogP contribution in [0.15, 0.2) is 60.7 Å². The fourth-order valence-corrected chi connectivity index (χ4v) is 7.42. The second-order valence-corrected chi connectivity index (χ2v) is 14.1. The third-order valence-electron chi connectivity index (χ3n) is 10.4. The van der Waals surface area contributed by atoms with E-state index in [9.17, 15) is 28.4 Å². The van der Waals surface area contributed by atoms with E-state index in [4.69, 9.17) is 14.2 Å². The summed E-state index contributed by atoms with van der Waals surface area (Å²) in [6, 6.07) is 17.3. The molecular formula is C44H49FN6O8. The molecule has 2 heterocycles. The van der Waals surface area contributed by atoms with Crippen LogP contribution < -0.4 is 21.3 Å². The Morgan fingerprint density at radius 1 is 0.881 bits per heavy atom. The molecule has 1 aromatic heterocycles. The van der Waals surface area contributed by atoms with E-state index < -0.39 is 11.9 Å². The third-order valence-corrected chi connectivity index (χ3v) is 10.4. The average Bonchev–Trinajstić information content (AvgIpc) is 3.83. The molecule has 0 saturated carbocycles. The lowest BCUT2D eigenvalue weighted by molar-refractivity contribution is -0.122. The summed E-state index contributed by atoms with van der Waals surface area (Å²) >= 11 is 0. The molecule has 1 aliphatic carbocycles. The SMILES string of the molecule is CCN(CCNC(=O)c1c(C)[nH]c(/C=C2\C(=O)Nc3ccc(F)cc32)c1C)C(=O)OCC1c2ccccc2-c2c(C(=O)NCCNC(=O)CCOCCOC)cccc21. The maximum atomic E-state index is 14.0. The van der Waals surface area contributed by atoms with Crippen LogP contribution in [0.5, 0.6) is 0 Å². The molecule has 1 unspecified atom stereocenters. The van der Waals surface area contributed by atoms with Gasteiger partial charge in [-0.2, -0.15) is 0 Å². The number of nitrogens with one attached hydrogen (secondary N) is 5. The summed E-state index contributed by atoms with van der Waals surface area (Å²) in [5.41, 5.74) is 7.35. The zero-order chi connectivity index (χ0) is 42.1. The molecule has 6 rings (SSSR count). The van der Waals surface area contributed by atoms with Gasteiger partial charge in [-0.25, -0.2) is 9.18 Å². The standard InChI is InChI=1S/C44H49FN6O8/c1-5-51(19-18-48-43(55)39-26(2)37(49-27(39)3)24-34-33-23-28(45)13-14-36(33)50-42(34)54)44(56)59-25-35-29-9-6-7-10-30(29)40-31(35)11-8-12-32(40)41(53)47-17-16-46-38(52)15-20-58-22-21-57-4/h6-14,23-24,35,49H,5,15-22,25H2,1-4H3,(H,46,52)(H,47,53)(H,48,55)(H,50,54)/b34-24-. The van der Waals surface area contributed by atoms with E-state index in [-0.39, 0.29) is 80.9 Å². The van der Waals surface area contributed by atoms with Crippen LogP contribution in [0.2, 0.25) is 0 Å². The number of nitrogens with zero attached hydrogens (tertiary/aromatic N) is 1. The first-order chi connectivity index (χ1) is 28.5. The molecule has 14 nitrogen and oxygen atoms in total. The van der Waals surface area contributed by atoms with Gasteiger partial charge in [-0.3, -0.25) is 19.2 Å². The largest absolute Gasteiger partial charge is 0.448 e. The zero-order valence-electron chi connectivity index (χ0n) is 33.6. The van der Waals surface area contributed by atoms with Crippen LogP contribution in [-0.2, 0) is 23.8 Å². The summed E-state index contributed by atoms with van der Waals surface area (Å²) in [5.74, 6) is -1.95. The topological polar surface area (TPSA) is 180 Å². The van der Waals surface area contributed by atoms with Gasteiger partial charge in [-0.1, -0.05) is 36.4 Å². The number of H-pyrrole nitrogens is 1. The minimum absolute atomic E-state index is 0.0349. The van der Waals surface area contributed by atoms with Gasteiger partial charge in [0.1, 0.15) is 12.4 Å². The van der Waals surface area contributed by atoms with Gasteiger partial charge in [0.2, 0.25) is 5.91 Å². The number of ether oxygens (including phenoxy) is 3. The number of likely N-dealkylation sites (N-methyl/N-ethyl adjacent to an activating group) is 1. The van der Waals surface area contributed by atoms with Gasteiger partial charge in [-0.15, -0.1) is 0 Å². The maximum Gasteiger partial charge on any atom is 0.409 e. The summed E-state index contributed by atoms with van der Waals surface area (Å²) in [5, 5.41) is 11.3. The Hall–Kier alpha value is -6.32. The molecule has 5 N–H and O–H groups in total. The maximum absolute atomic E-state index is 14.0. The number of halogens is 1. The number of benzene rings is 3. The normalized spacial score (nSPS) is 14.3. The van der Waals surface area contributed by atoms with Gasteiger partial charge in [0.05, 0.1) is 31.0 Å². The quantitative estimate of drug-likeness (QED) is 0.0676. The zero-order valence-corrected chi connectivity index (χ0v) is 33.6. The van der Waals surface area contributed by atoms with Crippen molar-refractivity contribution in [2.24, 2.45) is 0 Å². The molecular weight excluding hydrogens is 760 g/mol. The third kappa shape index (κ3) is 9.70. The smallest absolute Gasteiger partial charge is 0.409 e. The average molecular weight is 809 g/mol. The van der Waals surface area contributed by atoms with Crippen molar-refractivity contribution < 1.29 is 42.6 Å². The molecule has 0 fully saturated rings. The molecule has 1 atom stereocenters. The number of hydrogen-bond donors (Lipinski definition) is 5. The number of fused-ring (bicyclic) bond motifs is 4. The number of aromatic nitrogens is 1. The number of anilines is 1. The van der Waals surface area contributed by atoms with E-state index in [1.54, 1.807) is 39.2 Å². The van der Waals surface area contributed by atoms with Crippen molar-refractivity contribution in [1.29, 1.82) is 0 Å². The Bertz CT molecular complexity index is 2270. The lowest BCUT2D eigenvalue weighted by atomic mass is 9.96. The molecule has 1 aliphatic heterocycles. The van der Waals surface area contributed by atoms with Crippen molar-refractivity contribution in [3.63, 3.8) is 0 Å². The van der Waals surface area contributed by atoms with Crippen LogP contribution in [0, 0.1) is 19.7 Å². The van der Waals surface area contributed by atoms with Crippen molar-refractivity contribution >= 4 is 47.1 Å². The van der Waals surface area contributed by atoms with E-state index in [1.807, 2.05) is 37.3 Å². The Morgan fingerprint density at radius 3 is 2.44 bits per heavy atom. The number of aromatic amines is 1.